The third kappa shape index (κ3) is 3.53. The Morgan fingerprint density at radius 2 is 1.97 bits per heavy atom. The SMILES string of the molecule is C[N+]1(C)C2=C(c3ccc(-n4ccc(OCc5ccc(F)cn5)cc4=O)cc31)C1CCC[N+]1(C)CC2. The average molecular weight is 475 g/mol. The van der Waals surface area contributed by atoms with Gasteiger partial charge in [-0.2, -0.15) is 0 Å². The number of pyridine rings is 2. The first-order valence-corrected chi connectivity index (χ1v) is 12.3. The second kappa shape index (κ2) is 7.86. The highest BCUT2D eigenvalue weighted by Crippen LogP contribution is 2.52. The van der Waals surface area contributed by atoms with Crippen LogP contribution in [-0.2, 0) is 6.61 Å². The summed E-state index contributed by atoms with van der Waals surface area (Å²) in [5.41, 5.74) is 7.00. The Morgan fingerprint density at radius 3 is 2.74 bits per heavy atom. The molecule has 1 saturated heterocycles. The quantitative estimate of drug-likeness (QED) is 0.531. The fraction of sp³-hybridized carbons (Fsp3) is 0.357. The van der Waals surface area contributed by atoms with E-state index >= 15 is 0 Å². The van der Waals surface area contributed by atoms with Crippen LogP contribution in [0.15, 0.2) is 65.3 Å². The molecule has 0 radical (unpaired) electrons. The number of quaternary nitrogens is 2. The number of likely N-dealkylation sites (N-methyl/N-ethyl adjacent to an activating group) is 1. The fourth-order valence-corrected chi connectivity index (χ4v) is 6.36. The number of fused-ring (bicyclic) bond motifs is 4. The Balaban J connectivity index is 1.29. The summed E-state index contributed by atoms with van der Waals surface area (Å²) in [5.74, 6) is 0.0740. The number of hydrogen-bond donors (Lipinski definition) is 0. The highest BCUT2D eigenvalue weighted by molar-refractivity contribution is 5.88. The first kappa shape index (κ1) is 22.2. The van der Waals surface area contributed by atoms with Crippen LogP contribution in [0, 0.1) is 5.82 Å². The van der Waals surface area contributed by atoms with Crippen LogP contribution in [0.5, 0.6) is 5.75 Å². The van der Waals surface area contributed by atoms with E-state index in [-0.39, 0.29) is 18.0 Å². The van der Waals surface area contributed by atoms with Crippen molar-refractivity contribution in [3.63, 3.8) is 0 Å². The van der Waals surface area contributed by atoms with E-state index in [1.807, 2.05) is 0 Å². The van der Waals surface area contributed by atoms with E-state index in [0.29, 0.717) is 17.5 Å². The van der Waals surface area contributed by atoms with Crippen molar-refractivity contribution < 1.29 is 13.6 Å². The number of benzene rings is 1. The van der Waals surface area contributed by atoms with Crippen molar-refractivity contribution in [3.8, 4) is 11.4 Å². The zero-order valence-corrected chi connectivity index (χ0v) is 20.5. The van der Waals surface area contributed by atoms with Gasteiger partial charge in [-0.15, -0.1) is 0 Å². The number of nitrogens with zero attached hydrogens (tertiary/aromatic N) is 4. The van der Waals surface area contributed by atoms with Gasteiger partial charge >= 0.3 is 0 Å². The second-order valence-electron chi connectivity index (χ2n) is 10.7. The van der Waals surface area contributed by atoms with E-state index < -0.39 is 0 Å². The molecular formula is C28H31FN4O2+2. The molecule has 0 amide bonds. The molecule has 1 aromatic carbocycles. The minimum atomic E-state index is -0.389. The first-order chi connectivity index (χ1) is 16.8. The van der Waals surface area contributed by atoms with E-state index in [1.165, 1.54) is 55.0 Å². The average Bonchev–Trinajstić information content (AvgIpc) is 3.33. The van der Waals surface area contributed by atoms with Gasteiger partial charge in [0.1, 0.15) is 35.6 Å². The van der Waals surface area contributed by atoms with Gasteiger partial charge in [-0.3, -0.25) is 18.8 Å². The Labute approximate surface area is 204 Å². The molecule has 6 nitrogen and oxygen atoms in total. The highest BCUT2D eigenvalue weighted by Gasteiger charge is 2.53. The van der Waals surface area contributed by atoms with Crippen molar-refractivity contribution in [1.29, 1.82) is 0 Å². The van der Waals surface area contributed by atoms with Crippen LogP contribution in [0.4, 0.5) is 10.1 Å². The molecule has 2 unspecified atom stereocenters. The van der Waals surface area contributed by atoms with Gasteiger partial charge in [-0.05, 0) is 30.3 Å². The molecule has 7 heteroatoms. The standard InChI is InChI=1S/C28H31FN4O2/c1-32(2)24-11-14-33(3)13-4-5-25(33)28(24)23-9-8-21(15-26(23)32)31-12-10-22(16-27(31)34)35-18-20-7-6-19(29)17-30-20/h6-10,12,15-17,25H,4-5,11,13-14,18H2,1-3H3/q+2. The summed E-state index contributed by atoms with van der Waals surface area (Å²) < 4.78 is 22.3. The van der Waals surface area contributed by atoms with Gasteiger partial charge in [-0.25, -0.2) is 4.39 Å². The fourth-order valence-electron chi connectivity index (χ4n) is 6.36. The van der Waals surface area contributed by atoms with Crippen molar-refractivity contribution >= 4 is 11.3 Å². The molecule has 5 heterocycles. The van der Waals surface area contributed by atoms with E-state index in [2.05, 4.69) is 44.3 Å². The van der Waals surface area contributed by atoms with E-state index in [1.54, 1.807) is 28.5 Å². The predicted molar refractivity (Wildman–Crippen MR) is 135 cm³/mol. The zero-order valence-electron chi connectivity index (χ0n) is 20.5. The Morgan fingerprint density at radius 1 is 1.11 bits per heavy atom. The van der Waals surface area contributed by atoms with Crippen molar-refractivity contribution in [2.75, 3.05) is 34.2 Å². The molecule has 0 bridgehead atoms. The van der Waals surface area contributed by atoms with Gasteiger partial charge in [0.15, 0.2) is 0 Å². The molecule has 3 aliphatic rings. The number of hydrogen-bond acceptors (Lipinski definition) is 3. The summed E-state index contributed by atoms with van der Waals surface area (Å²) in [6, 6.07) is 13.2. The van der Waals surface area contributed by atoms with Crippen LogP contribution in [-0.4, -0.2) is 54.3 Å². The summed E-state index contributed by atoms with van der Waals surface area (Å²) in [6.45, 7) is 2.65. The summed E-state index contributed by atoms with van der Waals surface area (Å²) >= 11 is 0. The van der Waals surface area contributed by atoms with Crippen molar-refractivity contribution in [3.05, 3.63) is 88.0 Å². The lowest BCUT2D eigenvalue weighted by Gasteiger charge is -2.41. The molecule has 0 saturated carbocycles. The van der Waals surface area contributed by atoms with Gasteiger partial charge in [0.25, 0.3) is 5.56 Å². The molecule has 3 aliphatic heterocycles. The zero-order chi connectivity index (χ0) is 24.4. The molecule has 0 spiro atoms. The van der Waals surface area contributed by atoms with Crippen LogP contribution < -0.4 is 14.8 Å². The smallest absolute Gasteiger partial charge is 0.258 e. The Bertz CT molecular complexity index is 1410. The number of ether oxygens (including phenoxy) is 1. The molecular weight excluding hydrogens is 443 g/mol. The normalized spacial score (nSPS) is 24.2. The largest absolute Gasteiger partial charge is 0.487 e. The van der Waals surface area contributed by atoms with Gasteiger partial charge in [0, 0.05) is 31.2 Å². The van der Waals surface area contributed by atoms with E-state index in [0.717, 1.165) is 27.3 Å². The van der Waals surface area contributed by atoms with Gasteiger partial charge in [0.05, 0.1) is 69.4 Å². The topological polar surface area (TPSA) is 44.1 Å². The van der Waals surface area contributed by atoms with Gasteiger partial charge < -0.3 is 9.22 Å². The number of aromatic nitrogens is 2. The molecule has 2 aromatic heterocycles. The van der Waals surface area contributed by atoms with Crippen molar-refractivity contribution in [2.24, 2.45) is 0 Å². The highest BCUT2D eigenvalue weighted by atomic mass is 19.1. The Kier molecular flexibility index (Phi) is 4.99. The van der Waals surface area contributed by atoms with Crippen LogP contribution in [0.25, 0.3) is 11.3 Å². The third-order valence-corrected chi connectivity index (χ3v) is 8.30. The molecule has 2 atom stereocenters. The maximum atomic E-state index is 13.0. The summed E-state index contributed by atoms with van der Waals surface area (Å²) in [6.07, 6.45) is 6.58. The molecule has 35 heavy (non-hydrogen) atoms. The maximum Gasteiger partial charge on any atom is 0.258 e. The molecule has 180 valence electrons. The minimum Gasteiger partial charge on any atom is -0.487 e. The lowest BCUT2D eigenvalue weighted by atomic mass is 9.91. The van der Waals surface area contributed by atoms with Crippen LogP contribution in [0.1, 0.15) is 30.5 Å². The minimum absolute atomic E-state index is 0.157. The molecule has 1 fully saturated rings. The Hall–Kier alpha value is -3.29. The summed E-state index contributed by atoms with van der Waals surface area (Å²) in [7, 11) is 6.97. The maximum absolute atomic E-state index is 13.0. The van der Waals surface area contributed by atoms with E-state index in [9.17, 15) is 9.18 Å². The van der Waals surface area contributed by atoms with E-state index in [4.69, 9.17) is 4.74 Å². The van der Waals surface area contributed by atoms with Gasteiger partial charge in [0.2, 0.25) is 0 Å². The van der Waals surface area contributed by atoms with Crippen molar-refractivity contribution in [1.82, 2.24) is 14.0 Å². The predicted octanol–water partition coefficient (Wildman–Crippen LogP) is 4.25. The van der Waals surface area contributed by atoms with Crippen LogP contribution in [0.3, 0.4) is 0 Å². The lowest BCUT2D eigenvalue weighted by molar-refractivity contribution is -0.914. The monoisotopic (exact) mass is 474 g/mol. The lowest BCUT2D eigenvalue weighted by Crippen LogP contribution is -2.53. The van der Waals surface area contributed by atoms with Crippen LogP contribution >= 0.6 is 0 Å². The molecule has 3 aromatic rings. The van der Waals surface area contributed by atoms with Crippen molar-refractivity contribution in [2.45, 2.75) is 31.9 Å². The summed E-state index contributed by atoms with van der Waals surface area (Å²) in [5, 5.41) is 0. The first-order valence-electron chi connectivity index (χ1n) is 12.3. The van der Waals surface area contributed by atoms with Gasteiger partial charge in [-0.1, -0.05) is 0 Å². The van der Waals surface area contributed by atoms with Crippen LogP contribution in [0.2, 0.25) is 0 Å². The number of halogens is 1. The molecule has 0 N–H and O–H groups in total. The number of rotatable bonds is 4. The second-order valence-corrected chi connectivity index (χ2v) is 10.7. The summed E-state index contributed by atoms with van der Waals surface area (Å²) in [4.78, 5) is 17.0. The molecule has 0 aliphatic carbocycles. The molecule has 6 rings (SSSR count). The third-order valence-electron chi connectivity index (χ3n) is 8.30.